The average Bonchev–Trinajstić information content (AvgIpc) is 2.80. The second-order valence-corrected chi connectivity index (χ2v) is 8.12. The molecule has 164 valence electrons. The molecule has 4 rings (SSSR count). The van der Waals surface area contributed by atoms with Crippen molar-refractivity contribution in [1.29, 1.82) is 0 Å². The van der Waals surface area contributed by atoms with E-state index in [1.165, 1.54) is 11.0 Å². The van der Waals surface area contributed by atoms with Gasteiger partial charge in [0.2, 0.25) is 11.3 Å². The number of carbonyl (C=O) groups excluding carboxylic acids is 2. The molecule has 1 atom stereocenters. The van der Waals surface area contributed by atoms with Gasteiger partial charge in [-0.1, -0.05) is 17.7 Å². The highest BCUT2D eigenvalue weighted by Gasteiger charge is 2.31. The van der Waals surface area contributed by atoms with Crippen LogP contribution in [0.5, 0.6) is 0 Å². The zero-order chi connectivity index (χ0) is 22.7. The summed E-state index contributed by atoms with van der Waals surface area (Å²) in [7, 11) is 0. The Hall–Kier alpha value is -3.52. The summed E-state index contributed by atoms with van der Waals surface area (Å²) in [5, 5.41) is 7.70. The van der Waals surface area contributed by atoms with Crippen molar-refractivity contribution in [1.82, 2.24) is 19.7 Å². The van der Waals surface area contributed by atoms with Crippen LogP contribution >= 0.6 is 11.6 Å². The van der Waals surface area contributed by atoms with E-state index in [4.69, 9.17) is 11.6 Å². The normalized spacial score (nSPS) is 15.9. The van der Waals surface area contributed by atoms with Gasteiger partial charge in [-0.15, -0.1) is 0 Å². The smallest absolute Gasteiger partial charge is 0.278 e. The van der Waals surface area contributed by atoms with Crippen LogP contribution in [0.4, 0.5) is 5.82 Å². The number of hydrogen-bond donors (Lipinski definition) is 1. The highest BCUT2D eigenvalue weighted by Crippen LogP contribution is 2.20. The third kappa shape index (κ3) is 4.70. The predicted octanol–water partition coefficient (Wildman–Crippen LogP) is 3.08. The van der Waals surface area contributed by atoms with E-state index in [1.54, 1.807) is 60.3 Å². The Bertz CT molecular complexity index is 1190. The van der Waals surface area contributed by atoms with Crippen LogP contribution in [0.3, 0.4) is 0 Å². The van der Waals surface area contributed by atoms with Crippen molar-refractivity contribution in [2.45, 2.75) is 19.8 Å². The molecule has 1 aliphatic heterocycles. The molecule has 1 N–H and O–H groups in total. The Balaban J connectivity index is 1.54. The molecule has 1 unspecified atom stereocenters. The van der Waals surface area contributed by atoms with Gasteiger partial charge in [-0.25, -0.2) is 9.67 Å². The second-order valence-electron chi connectivity index (χ2n) is 7.68. The quantitative estimate of drug-likeness (QED) is 0.657. The summed E-state index contributed by atoms with van der Waals surface area (Å²) in [4.78, 5) is 44.1. The van der Waals surface area contributed by atoms with Crippen LogP contribution in [-0.4, -0.2) is 44.6 Å². The fraction of sp³-hybridized carbons (Fsp3) is 0.261. The average molecular weight is 452 g/mol. The number of pyridine rings is 1. The van der Waals surface area contributed by atoms with E-state index in [0.717, 1.165) is 0 Å². The van der Waals surface area contributed by atoms with E-state index in [1.807, 2.05) is 0 Å². The lowest BCUT2D eigenvalue weighted by Crippen LogP contribution is -2.45. The van der Waals surface area contributed by atoms with Crippen LogP contribution in [0.15, 0.2) is 59.5 Å². The molecule has 1 aliphatic rings. The van der Waals surface area contributed by atoms with Gasteiger partial charge in [-0.3, -0.25) is 14.4 Å². The molecular formula is C23H22ClN5O3. The third-order valence-electron chi connectivity index (χ3n) is 5.38. The SMILES string of the molecule is Cc1cc(=O)c(C(=O)N2CCCC(C(=O)Nc3ccccn3)C2)nn1-c1ccc(Cl)cc1. The number of nitrogens with zero attached hydrogens (tertiary/aromatic N) is 4. The van der Waals surface area contributed by atoms with Crippen LogP contribution in [0, 0.1) is 12.8 Å². The van der Waals surface area contributed by atoms with Crippen molar-refractivity contribution in [2.24, 2.45) is 5.92 Å². The van der Waals surface area contributed by atoms with Crippen molar-refractivity contribution < 1.29 is 9.59 Å². The summed E-state index contributed by atoms with van der Waals surface area (Å²) in [6.45, 7) is 2.42. The lowest BCUT2D eigenvalue weighted by molar-refractivity contribution is -0.121. The number of aromatic nitrogens is 3. The number of piperidine rings is 1. The number of nitrogens with one attached hydrogen (secondary N) is 1. The molecule has 3 heterocycles. The Labute approximate surface area is 189 Å². The maximum absolute atomic E-state index is 13.2. The summed E-state index contributed by atoms with van der Waals surface area (Å²) >= 11 is 5.96. The lowest BCUT2D eigenvalue weighted by Gasteiger charge is -2.31. The van der Waals surface area contributed by atoms with Gasteiger partial charge < -0.3 is 10.2 Å². The second kappa shape index (κ2) is 9.32. The monoisotopic (exact) mass is 451 g/mol. The van der Waals surface area contributed by atoms with Gasteiger partial charge in [0.15, 0.2) is 5.69 Å². The summed E-state index contributed by atoms with van der Waals surface area (Å²) in [5.74, 6) is -0.602. The zero-order valence-corrected chi connectivity index (χ0v) is 18.2. The molecule has 1 aromatic carbocycles. The summed E-state index contributed by atoms with van der Waals surface area (Å²) in [5.41, 5.74) is 0.668. The molecule has 0 bridgehead atoms. The number of rotatable bonds is 4. The first-order chi connectivity index (χ1) is 15.4. The van der Waals surface area contributed by atoms with Crippen LogP contribution in [0.25, 0.3) is 5.69 Å². The molecule has 0 radical (unpaired) electrons. The summed E-state index contributed by atoms with van der Waals surface area (Å²) in [6.07, 6.45) is 2.91. The van der Waals surface area contributed by atoms with Crippen molar-refractivity contribution in [3.8, 4) is 5.69 Å². The predicted molar refractivity (Wildman–Crippen MR) is 121 cm³/mol. The number of halogens is 1. The molecule has 0 spiro atoms. The topological polar surface area (TPSA) is 97.2 Å². The largest absolute Gasteiger partial charge is 0.336 e. The first-order valence-electron chi connectivity index (χ1n) is 10.3. The fourth-order valence-electron chi connectivity index (χ4n) is 3.73. The Morgan fingerprint density at radius 1 is 1.16 bits per heavy atom. The van der Waals surface area contributed by atoms with Gasteiger partial charge in [0, 0.05) is 36.1 Å². The standard InChI is InChI=1S/C23H22ClN5O3/c1-15-13-19(30)21(27-29(15)18-9-7-17(24)8-10-18)23(32)28-12-4-5-16(14-28)22(31)26-20-6-2-3-11-25-20/h2-3,6-11,13,16H,4-5,12,14H2,1H3,(H,25,26,31). The molecular weight excluding hydrogens is 430 g/mol. The highest BCUT2D eigenvalue weighted by molar-refractivity contribution is 6.30. The van der Waals surface area contributed by atoms with E-state index in [-0.39, 0.29) is 18.1 Å². The first-order valence-corrected chi connectivity index (χ1v) is 10.7. The number of anilines is 1. The Morgan fingerprint density at radius 2 is 1.94 bits per heavy atom. The molecule has 2 amide bonds. The van der Waals surface area contributed by atoms with Gasteiger partial charge >= 0.3 is 0 Å². The van der Waals surface area contributed by atoms with E-state index >= 15 is 0 Å². The zero-order valence-electron chi connectivity index (χ0n) is 17.5. The van der Waals surface area contributed by atoms with Gasteiger partial charge in [0.05, 0.1) is 11.6 Å². The van der Waals surface area contributed by atoms with Crippen molar-refractivity contribution in [3.05, 3.63) is 81.4 Å². The van der Waals surface area contributed by atoms with E-state index < -0.39 is 17.3 Å². The summed E-state index contributed by atoms with van der Waals surface area (Å²) < 4.78 is 1.54. The lowest BCUT2D eigenvalue weighted by atomic mass is 9.97. The van der Waals surface area contributed by atoms with Crippen LogP contribution in [0.1, 0.15) is 29.0 Å². The van der Waals surface area contributed by atoms with Crippen LogP contribution < -0.4 is 10.7 Å². The van der Waals surface area contributed by atoms with Gasteiger partial charge in [0.1, 0.15) is 5.82 Å². The Morgan fingerprint density at radius 3 is 2.66 bits per heavy atom. The number of carbonyl (C=O) groups is 2. The number of amides is 2. The molecule has 3 aromatic rings. The van der Waals surface area contributed by atoms with Crippen LogP contribution in [0.2, 0.25) is 5.02 Å². The van der Waals surface area contributed by atoms with E-state index in [9.17, 15) is 14.4 Å². The van der Waals surface area contributed by atoms with Crippen molar-refractivity contribution in [3.63, 3.8) is 0 Å². The molecule has 1 fully saturated rings. The molecule has 0 saturated carbocycles. The van der Waals surface area contributed by atoms with Gasteiger partial charge in [-0.2, -0.15) is 5.10 Å². The number of likely N-dealkylation sites (tertiary alicyclic amines) is 1. The molecule has 1 saturated heterocycles. The van der Waals surface area contributed by atoms with Crippen LogP contribution in [-0.2, 0) is 4.79 Å². The molecule has 32 heavy (non-hydrogen) atoms. The van der Waals surface area contributed by atoms with Crippen molar-refractivity contribution in [2.75, 3.05) is 18.4 Å². The van der Waals surface area contributed by atoms with E-state index in [2.05, 4.69) is 15.4 Å². The summed E-state index contributed by atoms with van der Waals surface area (Å²) in [6, 6.07) is 13.6. The maximum atomic E-state index is 13.2. The Kier molecular flexibility index (Phi) is 6.32. The number of aryl methyl sites for hydroxylation is 1. The molecule has 8 nitrogen and oxygen atoms in total. The highest BCUT2D eigenvalue weighted by atomic mass is 35.5. The number of hydrogen-bond acceptors (Lipinski definition) is 5. The molecule has 0 aliphatic carbocycles. The van der Waals surface area contributed by atoms with Gasteiger partial charge in [0.25, 0.3) is 5.91 Å². The first kappa shape index (κ1) is 21.7. The minimum atomic E-state index is -0.479. The third-order valence-corrected chi connectivity index (χ3v) is 5.63. The van der Waals surface area contributed by atoms with Gasteiger partial charge in [-0.05, 0) is 56.2 Å². The molecule has 9 heteroatoms. The minimum Gasteiger partial charge on any atom is -0.336 e. The molecule has 2 aromatic heterocycles. The van der Waals surface area contributed by atoms with Crippen molar-refractivity contribution >= 4 is 29.2 Å². The maximum Gasteiger partial charge on any atom is 0.278 e. The fourth-order valence-corrected chi connectivity index (χ4v) is 3.86. The number of benzene rings is 1. The minimum absolute atomic E-state index is 0.170. The van der Waals surface area contributed by atoms with E-state index in [0.29, 0.717) is 41.6 Å².